The van der Waals surface area contributed by atoms with Gasteiger partial charge in [-0.25, -0.2) is 0 Å². The molecular formula is C20H23N5S. The number of aliphatic imine (C=N–C) groups is 1. The summed E-state index contributed by atoms with van der Waals surface area (Å²) in [5.41, 5.74) is 5.61. The van der Waals surface area contributed by atoms with Gasteiger partial charge in [-0.05, 0) is 51.3 Å². The average Bonchev–Trinajstić information content (AvgIpc) is 3.09. The Morgan fingerprint density at radius 1 is 1.12 bits per heavy atom. The molecule has 3 aromatic heterocycles. The smallest absolute Gasteiger partial charge is 0.162 e. The van der Waals surface area contributed by atoms with Crippen molar-refractivity contribution in [1.82, 2.24) is 19.7 Å². The monoisotopic (exact) mass is 365 g/mol. The second-order valence-corrected chi connectivity index (χ2v) is 8.39. The lowest BCUT2D eigenvalue weighted by molar-refractivity contribution is 0.724. The second-order valence-electron chi connectivity index (χ2n) is 7.18. The summed E-state index contributed by atoms with van der Waals surface area (Å²) in [6, 6.07) is 4.19. The maximum Gasteiger partial charge on any atom is 0.162 e. The zero-order valence-corrected chi connectivity index (χ0v) is 16.8. The first-order valence-corrected chi connectivity index (χ1v) is 9.77. The van der Waals surface area contributed by atoms with Crippen LogP contribution in [0.2, 0.25) is 0 Å². The Kier molecular flexibility index (Phi) is 4.03. The Bertz CT molecular complexity index is 1010. The summed E-state index contributed by atoms with van der Waals surface area (Å²) in [5.74, 6) is 2.21. The standard InChI is InChI=1S/C20H23N5S/c1-10(2)16-8-7-15(9-21-16)18-17-11(3)13(5)26-20(17)25-14(6)23-24-19(25)12(4)22-18/h7-10,12H,1-6H3. The number of nitrogens with zero attached hydrogens (tertiary/aromatic N) is 5. The molecule has 1 aliphatic rings. The fraction of sp³-hybridized carbons (Fsp3) is 0.400. The number of aromatic nitrogens is 4. The number of hydrogen-bond donors (Lipinski definition) is 0. The molecule has 1 aliphatic heterocycles. The van der Waals surface area contributed by atoms with Gasteiger partial charge in [0.15, 0.2) is 5.82 Å². The average molecular weight is 366 g/mol. The number of hydrogen-bond acceptors (Lipinski definition) is 5. The molecule has 6 heteroatoms. The number of pyridine rings is 1. The number of fused-ring (bicyclic) bond motifs is 3. The molecule has 134 valence electrons. The highest BCUT2D eigenvalue weighted by Gasteiger charge is 2.29. The van der Waals surface area contributed by atoms with Gasteiger partial charge < -0.3 is 0 Å². The zero-order chi connectivity index (χ0) is 18.6. The molecule has 0 fully saturated rings. The third-order valence-corrected chi connectivity index (χ3v) is 6.20. The van der Waals surface area contributed by atoms with Gasteiger partial charge in [0.2, 0.25) is 0 Å². The molecule has 0 aliphatic carbocycles. The molecule has 0 saturated heterocycles. The van der Waals surface area contributed by atoms with Crippen LogP contribution in [0.5, 0.6) is 0 Å². The first-order valence-electron chi connectivity index (χ1n) is 8.95. The van der Waals surface area contributed by atoms with E-state index in [2.05, 4.69) is 66.5 Å². The van der Waals surface area contributed by atoms with Gasteiger partial charge in [-0.1, -0.05) is 13.8 Å². The summed E-state index contributed by atoms with van der Waals surface area (Å²) in [6.07, 6.45) is 1.95. The van der Waals surface area contributed by atoms with E-state index in [4.69, 9.17) is 4.99 Å². The van der Waals surface area contributed by atoms with Crippen molar-refractivity contribution in [3.63, 3.8) is 0 Å². The first kappa shape index (κ1) is 17.1. The Hall–Kier alpha value is -2.34. The predicted octanol–water partition coefficient (Wildman–Crippen LogP) is 4.68. The maximum absolute atomic E-state index is 5.05. The second kappa shape index (κ2) is 6.13. The van der Waals surface area contributed by atoms with Gasteiger partial charge >= 0.3 is 0 Å². The normalized spacial score (nSPS) is 16.3. The van der Waals surface area contributed by atoms with Crippen LogP contribution in [0.15, 0.2) is 23.3 Å². The van der Waals surface area contributed by atoms with Crippen LogP contribution in [-0.2, 0) is 0 Å². The van der Waals surface area contributed by atoms with E-state index >= 15 is 0 Å². The molecule has 0 N–H and O–H groups in total. The van der Waals surface area contributed by atoms with Crippen LogP contribution in [0.3, 0.4) is 0 Å². The van der Waals surface area contributed by atoms with Crippen molar-refractivity contribution >= 4 is 17.0 Å². The maximum atomic E-state index is 5.05. The van der Waals surface area contributed by atoms with Crippen LogP contribution in [-0.4, -0.2) is 25.5 Å². The van der Waals surface area contributed by atoms with Crippen molar-refractivity contribution < 1.29 is 0 Å². The minimum absolute atomic E-state index is 0.0599. The van der Waals surface area contributed by atoms with Crippen molar-refractivity contribution in [1.29, 1.82) is 0 Å². The summed E-state index contributed by atoms with van der Waals surface area (Å²) >= 11 is 1.78. The molecule has 0 radical (unpaired) electrons. The van der Waals surface area contributed by atoms with E-state index in [9.17, 15) is 0 Å². The summed E-state index contributed by atoms with van der Waals surface area (Å²) in [4.78, 5) is 11.0. The minimum atomic E-state index is -0.0599. The van der Waals surface area contributed by atoms with Gasteiger partial charge in [-0.2, -0.15) is 0 Å². The van der Waals surface area contributed by atoms with Gasteiger partial charge in [0.1, 0.15) is 16.9 Å². The molecule has 1 atom stereocenters. The predicted molar refractivity (Wildman–Crippen MR) is 106 cm³/mol. The summed E-state index contributed by atoms with van der Waals surface area (Å²) in [5, 5.41) is 9.85. The highest BCUT2D eigenvalue weighted by atomic mass is 32.1. The molecule has 0 aromatic carbocycles. The van der Waals surface area contributed by atoms with Gasteiger partial charge in [0, 0.05) is 27.9 Å². The fourth-order valence-corrected chi connectivity index (χ4v) is 4.58. The summed E-state index contributed by atoms with van der Waals surface area (Å²) in [6.45, 7) is 12.7. The summed E-state index contributed by atoms with van der Waals surface area (Å²) < 4.78 is 2.16. The molecular weight excluding hydrogens is 342 g/mol. The van der Waals surface area contributed by atoms with E-state index in [1.165, 1.54) is 16.0 Å². The Morgan fingerprint density at radius 2 is 1.88 bits per heavy atom. The number of thiophene rings is 1. The van der Waals surface area contributed by atoms with E-state index in [1.54, 1.807) is 11.3 Å². The molecule has 5 nitrogen and oxygen atoms in total. The van der Waals surface area contributed by atoms with Gasteiger partial charge in [0.25, 0.3) is 0 Å². The van der Waals surface area contributed by atoms with E-state index in [-0.39, 0.29) is 6.04 Å². The van der Waals surface area contributed by atoms with E-state index in [0.717, 1.165) is 33.6 Å². The van der Waals surface area contributed by atoms with E-state index in [0.29, 0.717) is 5.92 Å². The lowest BCUT2D eigenvalue weighted by Crippen LogP contribution is -2.08. The molecule has 3 aromatic rings. The SMILES string of the molecule is Cc1sc2c(c1C)C(c1ccc(C(C)C)nc1)=NC(C)c1nnc(C)n1-2. The van der Waals surface area contributed by atoms with Gasteiger partial charge in [-0.3, -0.25) is 14.5 Å². The minimum Gasteiger partial charge on any atom is -0.273 e. The van der Waals surface area contributed by atoms with Crippen LogP contribution in [0.1, 0.15) is 71.6 Å². The molecule has 0 bridgehead atoms. The molecule has 0 amide bonds. The number of rotatable bonds is 2. The molecule has 0 saturated carbocycles. The highest BCUT2D eigenvalue weighted by Crippen LogP contribution is 2.38. The quantitative estimate of drug-likeness (QED) is 0.662. The molecule has 0 spiro atoms. The van der Waals surface area contributed by atoms with Crippen LogP contribution in [0.4, 0.5) is 0 Å². The van der Waals surface area contributed by atoms with Crippen LogP contribution < -0.4 is 0 Å². The molecule has 1 unspecified atom stereocenters. The molecule has 4 heterocycles. The van der Waals surface area contributed by atoms with Gasteiger partial charge in [-0.15, -0.1) is 21.5 Å². The van der Waals surface area contributed by atoms with Crippen molar-refractivity contribution in [2.75, 3.05) is 0 Å². The fourth-order valence-electron chi connectivity index (χ4n) is 3.37. The van der Waals surface area contributed by atoms with Crippen molar-refractivity contribution in [2.24, 2.45) is 4.99 Å². The third kappa shape index (κ3) is 2.51. The Labute approximate surface area is 157 Å². The van der Waals surface area contributed by atoms with Crippen LogP contribution in [0.25, 0.3) is 5.00 Å². The zero-order valence-electron chi connectivity index (χ0n) is 16.0. The molecule has 26 heavy (non-hydrogen) atoms. The number of aryl methyl sites for hydroxylation is 2. The van der Waals surface area contributed by atoms with Crippen molar-refractivity contribution in [2.45, 2.75) is 53.5 Å². The first-order chi connectivity index (χ1) is 12.4. The van der Waals surface area contributed by atoms with Crippen molar-refractivity contribution in [3.05, 3.63) is 57.2 Å². The largest absolute Gasteiger partial charge is 0.273 e. The summed E-state index contributed by atoms with van der Waals surface area (Å²) in [7, 11) is 0. The van der Waals surface area contributed by atoms with Gasteiger partial charge in [0.05, 0.1) is 5.71 Å². The molecule has 4 rings (SSSR count). The Morgan fingerprint density at radius 3 is 2.54 bits per heavy atom. The van der Waals surface area contributed by atoms with Crippen LogP contribution in [0, 0.1) is 20.8 Å². The lowest BCUT2D eigenvalue weighted by Gasteiger charge is -2.10. The van der Waals surface area contributed by atoms with E-state index < -0.39 is 0 Å². The third-order valence-electron chi connectivity index (χ3n) is 5.00. The lowest BCUT2D eigenvalue weighted by atomic mass is 10.00. The Balaban J connectivity index is 1.96. The highest BCUT2D eigenvalue weighted by molar-refractivity contribution is 7.15. The van der Waals surface area contributed by atoms with E-state index in [1.807, 2.05) is 13.1 Å². The van der Waals surface area contributed by atoms with Crippen LogP contribution >= 0.6 is 11.3 Å². The topological polar surface area (TPSA) is 56.0 Å². The van der Waals surface area contributed by atoms with Crippen molar-refractivity contribution in [3.8, 4) is 5.00 Å².